The molecule has 37 heavy (non-hydrogen) atoms. The molecule has 1 fully saturated rings. The van der Waals surface area contributed by atoms with E-state index in [-0.39, 0.29) is 5.75 Å². The molecule has 0 unspecified atom stereocenters. The topological polar surface area (TPSA) is 9.23 Å². The Hall–Kier alpha value is -2.94. The van der Waals surface area contributed by atoms with E-state index in [0.717, 1.165) is 32.1 Å². The molecule has 196 valence electrons. The van der Waals surface area contributed by atoms with Crippen molar-refractivity contribution >= 4 is 0 Å². The van der Waals surface area contributed by atoms with Crippen molar-refractivity contribution in [2.45, 2.75) is 84.0 Å². The summed E-state index contributed by atoms with van der Waals surface area (Å²) in [5, 5.41) is 0. The molecule has 0 heterocycles. The first-order chi connectivity index (χ1) is 18.1. The van der Waals surface area contributed by atoms with Crippen LogP contribution in [0.4, 0.5) is 8.78 Å². The number of hydrogen-bond donors (Lipinski definition) is 0. The lowest BCUT2D eigenvalue weighted by atomic mass is 9.76. The SMILES string of the molecule is CC=COc1ccc(CCC2CCC(c3ccc(-c4ccc(CCCCC)cc4)cc3)CC2)c(F)c1F. The van der Waals surface area contributed by atoms with Gasteiger partial charge < -0.3 is 4.74 Å². The summed E-state index contributed by atoms with van der Waals surface area (Å²) < 4.78 is 33.9. The molecule has 3 heteroatoms. The number of allylic oxidation sites excluding steroid dienone is 1. The maximum atomic E-state index is 14.5. The molecule has 1 aliphatic rings. The highest BCUT2D eigenvalue weighted by atomic mass is 19.2. The Morgan fingerprint density at radius 3 is 2.11 bits per heavy atom. The van der Waals surface area contributed by atoms with E-state index < -0.39 is 11.6 Å². The van der Waals surface area contributed by atoms with Crippen LogP contribution in [0.15, 0.2) is 73.0 Å². The van der Waals surface area contributed by atoms with Crippen molar-refractivity contribution in [3.63, 3.8) is 0 Å². The molecule has 0 spiro atoms. The summed E-state index contributed by atoms with van der Waals surface area (Å²) in [6.07, 6.45) is 14.0. The highest BCUT2D eigenvalue weighted by Crippen LogP contribution is 2.38. The molecule has 1 nitrogen and oxygen atoms in total. The van der Waals surface area contributed by atoms with Gasteiger partial charge in [0.15, 0.2) is 11.6 Å². The third-order valence-electron chi connectivity index (χ3n) is 7.86. The highest BCUT2D eigenvalue weighted by Gasteiger charge is 2.23. The van der Waals surface area contributed by atoms with Gasteiger partial charge in [-0.3, -0.25) is 0 Å². The minimum atomic E-state index is -0.898. The van der Waals surface area contributed by atoms with Gasteiger partial charge in [-0.05, 0) is 104 Å². The molecular weight excluding hydrogens is 462 g/mol. The van der Waals surface area contributed by atoms with Crippen LogP contribution in [0.3, 0.4) is 0 Å². The van der Waals surface area contributed by atoms with E-state index in [1.165, 1.54) is 60.3 Å². The van der Waals surface area contributed by atoms with E-state index in [1.54, 1.807) is 19.1 Å². The van der Waals surface area contributed by atoms with Crippen LogP contribution in [0.1, 0.15) is 87.8 Å². The van der Waals surface area contributed by atoms with Crippen LogP contribution in [0.25, 0.3) is 11.1 Å². The molecule has 0 saturated heterocycles. The van der Waals surface area contributed by atoms with Crippen molar-refractivity contribution in [2.75, 3.05) is 0 Å². The van der Waals surface area contributed by atoms with Crippen LogP contribution < -0.4 is 4.74 Å². The lowest BCUT2D eigenvalue weighted by Gasteiger charge is -2.29. The van der Waals surface area contributed by atoms with Gasteiger partial charge in [-0.25, -0.2) is 4.39 Å². The van der Waals surface area contributed by atoms with Gasteiger partial charge in [-0.15, -0.1) is 0 Å². The molecule has 0 aromatic heterocycles. The smallest absolute Gasteiger partial charge is 0.201 e. The molecule has 0 radical (unpaired) electrons. The minimum absolute atomic E-state index is 0.0645. The second-order valence-electron chi connectivity index (χ2n) is 10.5. The van der Waals surface area contributed by atoms with Crippen molar-refractivity contribution in [1.82, 2.24) is 0 Å². The second kappa shape index (κ2) is 13.6. The average Bonchev–Trinajstić information content (AvgIpc) is 2.94. The highest BCUT2D eigenvalue weighted by molar-refractivity contribution is 5.64. The standard InChI is InChI=1S/C34H40F2O/c1-3-5-6-7-25-8-13-27(14-9-25)29-18-20-30(21-19-29)28-15-10-26(11-16-28)12-17-31-22-23-32(37-24-4-2)34(36)33(31)35/h4,8-9,13-14,18-24,26,28H,3,5-7,10-12,15-17H2,1-2H3. The first-order valence-electron chi connectivity index (χ1n) is 14.0. The Bertz CT molecular complexity index is 1140. The van der Waals surface area contributed by atoms with Crippen LogP contribution in [0, 0.1) is 17.6 Å². The lowest BCUT2D eigenvalue weighted by molar-refractivity contribution is 0.309. The Morgan fingerprint density at radius 1 is 0.784 bits per heavy atom. The molecule has 0 N–H and O–H groups in total. The molecule has 3 aromatic carbocycles. The fourth-order valence-electron chi connectivity index (χ4n) is 5.53. The molecule has 0 bridgehead atoms. The number of ether oxygens (including phenoxy) is 1. The summed E-state index contributed by atoms with van der Waals surface area (Å²) in [7, 11) is 0. The fraction of sp³-hybridized carbons (Fsp3) is 0.412. The molecule has 0 amide bonds. The van der Waals surface area contributed by atoms with E-state index in [9.17, 15) is 8.78 Å². The first-order valence-corrected chi connectivity index (χ1v) is 14.0. The predicted octanol–water partition coefficient (Wildman–Crippen LogP) is 10.2. The third-order valence-corrected chi connectivity index (χ3v) is 7.86. The van der Waals surface area contributed by atoms with E-state index in [0.29, 0.717) is 23.8 Å². The Morgan fingerprint density at radius 2 is 1.46 bits per heavy atom. The Kier molecular flexibility index (Phi) is 9.93. The van der Waals surface area contributed by atoms with Crippen LogP contribution >= 0.6 is 0 Å². The van der Waals surface area contributed by atoms with E-state index in [4.69, 9.17) is 4.74 Å². The van der Waals surface area contributed by atoms with Crippen LogP contribution in [-0.4, -0.2) is 0 Å². The Balaban J connectivity index is 1.26. The second-order valence-corrected chi connectivity index (χ2v) is 10.5. The normalized spacial score (nSPS) is 17.8. The summed E-state index contributed by atoms with van der Waals surface area (Å²) in [4.78, 5) is 0. The summed E-state index contributed by atoms with van der Waals surface area (Å²) >= 11 is 0. The Labute approximate surface area is 221 Å². The van der Waals surface area contributed by atoms with Crippen molar-refractivity contribution in [1.29, 1.82) is 0 Å². The van der Waals surface area contributed by atoms with Crippen LogP contribution in [0.2, 0.25) is 0 Å². The number of halogens is 2. The molecule has 0 atom stereocenters. The number of benzene rings is 3. The zero-order valence-corrected chi connectivity index (χ0v) is 22.3. The molecular formula is C34H40F2O. The van der Waals surface area contributed by atoms with Crippen molar-refractivity contribution in [3.05, 3.63) is 101 Å². The summed E-state index contributed by atoms with van der Waals surface area (Å²) in [6, 6.07) is 21.3. The fourth-order valence-corrected chi connectivity index (χ4v) is 5.53. The van der Waals surface area contributed by atoms with Crippen LogP contribution in [-0.2, 0) is 12.8 Å². The molecule has 3 aromatic rings. The lowest BCUT2D eigenvalue weighted by Crippen LogP contribution is -2.14. The number of hydrogen-bond acceptors (Lipinski definition) is 1. The molecule has 1 aliphatic carbocycles. The van der Waals surface area contributed by atoms with Gasteiger partial charge >= 0.3 is 0 Å². The van der Waals surface area contributed by atoms with Crippen molar-refractivity contribution < 1.29 is 13.5 Å². The van der Waals surface area contributed by atoms with Crippen LogP contribution in [0.5, 0.6) is 5.75 Å². The summed E-state index contributed by atoms with van der Waals surface area (Å²) in [5.41, 5.74) is 5.84. The van der Waals surface area contributed by atoms with E-state index in [2.05, 4.69) is 55.5 Å². The zero-order valence-electron chi connectivity index (χ0n) is 22.3. The summed E-state index contributed by atoms with van der Waals surface area (Å²) in [6.45, 7) is 4.01. The van der Waals surface area contributed by atoms with Gasteiger partial charge in [0.25, 0.3) is 0 Å². The largest absolute Gasteiger partial charge is 0.462 e. The van der Waals surface area contributed by atoms with Gasteiger partial charge in [0.1, 0.15) is 0 Å². The average molecular weight is 503 g/mol. The van der Waals surface area contributed by atoms with Crippen molar-refractivity contribution in [3.8, 4) is 16.9 Å². The zero-order chi connectivity index (χ0) is 26.0. The molecule has 1 saturated carbocycles. The molecule has 0 aliphatic heterocycles. The van der Waals surface area contributed by atoms with Gasteiger partial charge in [0.05, 0.1) is 6.26 Å². The maximum absolute atomic E-state index is 14.5. The number of unbranched alkanes of at least 4 members (excludes halogenated alkanes) is 2. The molecule has 4 rings (SSSR count). The third kappa shape index (κ3) is 7.31. The maximum Gasteiger partial charge on any atom is 0.201 e. The van der Waals surface area contributed by atoms with Crippen molar-refractivity contribution in [2.24, 2.45) is 5.92 Å². The van der Waals surface area contributed by atoms with Gasteiger partial charge in [-0.1, -0.05) is 80.4 Å². The van der Waals surface area contributed by atoms with Gasteiger partial charge in [-0.2, -0.15) is 4.39 Å². The van der Waals surface area contributed by atoms with Gasteiger partial charge in [0.2, 0.25) is 5.82 Å². The monoisotopic (exact) mass is 502 g/mol. The minimum Gasteiger partial charge on any atom is -0.462 e. The number of aryl methyl sites for hydroxylation is 2. The van der Waals surface area contributed by atoms with E-state index >= 15 is 0 Å². The van der Waals surface area contributed by atoms with E-state index in [1.807, 2.05) is 0 Å². The quantitative estimate of drug-likeness (QED) is 0.187. The van der Waals surface area contributed by atoms with Gasteiger partial charge in [0, 0.05) is 0 Å². The number of rotatable bonds is 11. The predicted molar refractivity (Wildman–Crippen MR) is 150 cm³/mol. The summed E-state index contributed by atoms with van der Waals surface area (Å²) in [5.74, 6) is -0.589. The first kappa shape index (κ1) is 27.1.